The summed E-state index contributed by atoms with van der Waals surface area (Å²) in [5.41, 5.74) is 3.68. The largest absolute Gasteiger partial charge is 0.253 e. The molecule has 0 N–H and O–H groups in total. The molecule has 1 aromatic rings. The molecule has 0 fully saturated rings. The smallest absolute Gasteiger partial charge is 0.0632 e. The van der Waals surface area contributed by atoms with Crippen molar-refractivity contribution in [3.8, 4) is 0 Å². The van der Waals surface area contributed by atoms with E-state index < -0.39 is 0 Å². The minimum Gasteiger partial charge on any atom is -0.253 e. The molecule has 0 aliphatic carbocycles. The van der Waals surface area contributed by atoms with Gasteiger partial charge in [-0.2, -0.15) is 0 Å². The van der Waals surface area contributed by atoms with Gasteiger partial charge in [0.2, 0.25) is 0 Å². The van der Waals surface area contributed by atoms with Gasteiger partial charge < -0.3 is 0 Å². The molecule has 0 heterocycles. The zero-order valence-corrected chi connectivity index (χ0v) is 11.2. The molecule has 1 rings (SSSR count). The van der Waals surface area contributed by atoms with E-state index in [0.717, 1.165) is 24.9 Å². The maximum atomic E-state index is 4.71. The summed E-state index contributed by atoms with van der Waals surface area (Å²) in [7, 11) is 0. The molecule has 0 atom stereocenters. The second-order valence-electron chi connectivity index (χ2n) is 4.43. The highest BCUT2D eigenvalue weighted by Gasteiger charge is 1.97. The second kappa shape index (κ2) is 7.83. The molecule has 0 amide bonds. The van der Waals surface area contributed by atoms with Gasteiger partial charge in [0.05, 0.1) is 5.69 Å². The lowest BCUT2D eigenvalue weighted by Gasteiger charge is -2.03. The van der Waals surface area contributed by atoms with Crippen molar-refractivity contribution in [2.24, 2.45) is 4.99 Å². The van der Waals surface area contributed by atoms with Gasteiger partial charge in [-0.1, -0.05) is 50.5 Å². The zero-order valence-electron chi connectivity index (χ0n) is 11.2. The monoisotopic (exact) mass is 229 g/mol. The SMILES string of the molecule is CCCC(C)=CC(CCC)=Nc1ccccc1. The number of aliphatic imine (C=N–C) groups is 1. The Morgan fingerprint density at radius 3 is 2.29 bits per heavy atom. The standard InChI is InChI=1S/C16H23N/c1-4-9-14(3)13-16(10-5-2)17-15-11-7-6-8-12-15/h6-8,11-13H,4-5,9-10H2,1-3H3. The van der Waals surface area contributed by atoms with Gasteiger partial charge in [-0.15, -0.1) is 0 Å². The first kappa shape index (κ1) is 13.7. The zero-order chi connectivity index (χ0) is 12.5. The highest BCUT2D eigenvalue weighted by Crippen LogP contribution is 2.14. The fourth-order valence-corrected chi connectivity index (χ4v) is 1.84. The lowest BCUT2D eigenvalue weighted by atomic mass is 10.1. The van der Waals surface area contributed by atoms with Gasteiger partial charge in [0.1, 0.15) is 0 Å². The number of hydrogen-bond acceptors (Lipinski definition) is 1. The molecule has 0 aromatic heterocycles. The highest BCUT2D eigenvalue weighted by molar-refractivity contribution is 5.97. The summed E-state index contributed by atoms with van der Waals surface area (Å²) < 4.78 is 0. The fourth-order valence-electron chi connectivity index (χ4n) is 1.84. The van der Waals surface area contributed by atoms with Crippen molar-refractivity contribution in [3.63, 3.8) is 0 Å². The van der Waals surface area contributed by atoms with E-state index in [0.29, 0.717) is 0 Å². The molecule has 0 aliphatic rings. The van der Waals surface area contributed by atoms with Crippen molar-refractivity contribution >= 4 is 11.4 Å². The van der Waals surface area contributed by atoms with Crippen LogP contribution in [-0.2, 0) is 0 Å². The van der Waals surface area contributed by atoms with Crippen molar-refractivity contribution in [2.45, 2.75) is 46.5 Å². The topological polar surface area (TPSA) is 12.4 Å². The summed E-state index contributed by atoms with van der Waals surface area (Å²) >= 11 is 0. The quantitative estimate of drug-likeness (QED) is 0.586. The van der Waals surface area contributed by atoms with Gasteiger partial charge in [-0.3, -0.25) is 4.99 Å². The Morgan fingerprint density at radius 2 is 1.71 bits per heavy atom. The van der Waals surface area contributed by atoms with Gasteiger partial charge in [-0.05, 0) is 38.0 Å². The lowest BCUT2D eigenvalue weighted by molar-refractivity contribution is 0.904. The summed E-state index contributed by atoms with van der Waals surface area (Å²) in [4.78, 5) is 4.71. The Kier molecular flexibility index (Phi) is 6.31. The predicted octanol–water partition coefficient (Wildman–Crippen LogP) is 5.31. The summed E-state index contributed by atoms with van der Waals surface area (Å²) in [6.45, 7) is 6.61. The van der Waals surface area contributed by atoms with Crippen LogP contribution in [0.1, 0.15) is 46.5 Å². The highest BCUT2D eigenvalue weighted by atomic mass is 14.7. The van der Waals surface area contributed by atoms with Crippen LogP contribution in [-0.4, -0.2) is 5.71 Å². The maximum absolute atomic E-state index is 4.71. The normalized spacial score (nSPS) is 12.9. The van der Waals surface area contributed by atoms with Crippen molar-refractivity contribution < 1.29 is 0 Å². The van der Waals surface area contributed by atoms with E-state index in [-0.39, 0.29) is 0 Å². The first-order chi connectivity index (χ1) is 8.26. The van der Waals surface area contributed by atoms with Gasteiger partial charge in [-0.25, -0.2) is 0 Å². The molecule has 0 radical (unpaired) electrons. The molecule has 0 saturated heterocycles. The van der Waals surface area contributed by atoms with Crippen LogP contribution in [0.4, 0.5) is 5.69 Å². The number of benzene rings is 1. The number of nitrogens with zero attached hydrogens (tertiary/aromatic N) is 1. The minimum atomic E-state index is 1.05. The van der Waals surface area contributed by atoms with E-state index in [9.17, 15) is 0 Å². The third kappa shape index (κ3) is 5.48. The van der Waals surface area contributed by atoms with Gasteiger partial charge in [0.15, 0.2) is 0 Å². The van der Waals surface area contributed by atoms with Crippen LogP contribution in [0.2, 0.25) is 0 Å². The van der Waals surface area contributed by atoms with E-state index in [1.54, 1.807) is 0 Å². The summed E-state index contributed by atoms with van der Waals surface area (Å²) in [5.74, 6) is 0. The Balaban J connectivity index is 2.85. The summed E-state index contributed by atoms with van der Waals surface area (Å²) in [6.07, 6.45) is 6.81. The molecule has 0 saturated carbocycles. The van der Waals surface area contributed by atoms with Crippen molar-refractivity contribution in [1.29, 1.82) is 0 Å². The number of allylic oxidation sites excluding steroid dienone is 2. The maximum Gasteiger partial charge on any atom is 0.0632 e. The molecule has 0 spiro atoms. The molecule has 1 heteroatoms. The average molecular weight is 229 g/mol. The predicted molar refractivity (Wildman–Crippen MR) is 77.1 cm³/mol. The minimum absolute atomic E-state index is 1.05. The van der Waals surface area contributed by atoms with Gasteiger partial charge in [0, 0.05) is 5.71 Å². The molecule has 17 heavy (non-hydrogen) atoms. The molecule has 0 aliphatic heterocycles. The lowest BCUT2D eigenvalue weighted by Crippen LogP contribution is -1.94. The Bertz CT molecular complexity index is 374. The van der Waals surface area contributed by atoms with E-state index in [2.05, 4.69) is 39.0 Å². The van der Waals surface area contributed by atoms with Crippen LogP contribution < -0.4 is 0 Å². The average Bonchev–Trinajstić information content (AvgIpc) is 2.31. The van der Waals surface area contributed by atoms with Crippen LogP contribution in [0.5, 0.6) is 0 Å². The molecule has 0 unspecified atom stereocenters. The Labute approximate surface area is 105 Å². The van der Waals surface area contributed by atoms with Crippen LogP contribution in [0, 0.1) is 0 Å². The van der Waals surface area contributed by atoms with Crippen molar-refractivity contribution in [3.05, 3.63) is 42.0 Å². The molecule has 1 aromatic carbocycles. The first-order valence-corrected chi connectivity index (χ1v) is 6.56. The molecular weight excluding hydrogens is 206 g/mol. The van der Waals surface area contributed by atoms with E-state index in [1.807, 2.05) is 18.2 Å². The van der Waals surface area contributed by atoms with Crippen molar-refractivity contribution in [1.82, 2.24) is 0 Å². The summed E-state index contributed by atoms with van der Waals surface area (Å²) in [5, 5.41) is 0. The van der Waals surface area contributed by atoms with Crippen LogP contribution in [0.15, 0.2) is 47.0 Å². The Hall–Kier alpha value is -1.37. The van der Waals surface area contributed by atoms with E-state index >= 15 is 0 Å². The van der Waals surface area contributed by atoms with Gasteiger partial charge >= 0.3 is 0 Å². The third-order valence-corrected chi connectivity index (χ3v) is 2.59. The summed E-state index contributed by atoms with van der Waals surface area (Å²) in [6, 6.07) is 10.2. The van der Waals surface area contributed by atoms with Gasteiger partial charge in [0.25, 0.3) is 0 Å². The molecule has 92 valence electrons. The number of hydrogen-bond donors (Lipinski definition) is 0. The number of rotatable bonds is 6. The third-order valence-electron chi connectivity index (χ3n) is 2.59. The van der Waals surface area contributed by atoms with Crippen LogP contribution in [0.25, 0.3) is 0 Å². The number of para-hydroxylation sites is 1. The van der Waals surface area contributed by atoms with Crippen LogP contribution in [0.3, 0.4) is 0 Å². The molecular formula is C16H23N. The first-order valence-electron chi connectivity index (χ1n) is 6.56. The Morgan fingerprint density at radius 1 is 1.06 bits per heavy atom. The van der Waals surface area contributed by atoms with E-state index in [4.69, 9.17) is 4.99 Å². The molecule has 0 bridgehead atoms. The van der Waals surface area contributed by atoms with Crippen molar-refractivity contribution in [2.75, 3.05) is 0 Å². The van der Waals surface area contributed by atoms with Crippen LogP contribution >= 0.6 is 0 Å². The fraction of sp³-hybridized carbons (Fsp3) is 0.438. The second-order valence-corrected chi connectivity index (χ2v) is 4.43. The molecule has 1 nitrogen and oxygen atoms in total. The van der Waals surface area contributed by atoms with E-state index in [1.165, 1.54) is 17.7 Å².